The molecule has 0 radical (unpaired) electrons. The van der Waals surface area contributed by atoms with Gasteiger partial charge in [0.15, 0.2) is 0 Å². The van der Waals surface area contributed by atoms with Gasteiger partial charge in [-0.05, 0) is 58.4 Å². The zero-order valence-electron chi connectivity index (χ0n) is 20.7. The fourth-order valence-electron chi connectivity index (χ4n) is 4.92. The summed E-state index contributed by atoms with van der Waals surface area (Å²) in [6.07, 6.45) is 0.353. The zero-order valence-corrected chi connectivity index (χ0v) is 20.7. The van der Waals surface area contributed by atoms with Gasteiger partial charge >= 0.3 is 0 Å². The first-order chi connectivity index (χ1) is 16.8. The van der Waals surface area contributed by atoms with Crippen molar-refractivity contribution in [2.24, 2.45) is 0 Å². The van der Waals surface area contributed by atoms with Gasteiger partial charge in [0.1, 0.15) is 11.5 Å². The number of ether oxygens (including phenoxy) is 1. The van der Waals surface area contributed by atoms with Gasteiger partial charge in [0, 0.05) is 30.9 Å². The van der Waals surface area contributed by atoms with Gasteiger partial charge < -0.3 is 19.0 Å². The number of hydrogen-bond donors (Lipinski definition) is 1. The quantitative estimate of drug-likeness (QED) is 0.421. The summed E-state index contributed by atoms with van der Waals surface area (Å²) in [6, 6.07) is 11.6. The maximum Gasteiger partial charge on any atom is 0.259 e. The van der Waals surface area contributed by atoms with Crippen LogP contribution in [0.2, 0.25) is 0 Å². The lowest BCUT2D eigenvalue weighted by Crippen LogP contribution is -2.44. The van der Waals surface area contributed by atoms with Crippen molar-refractivity contribution in [3.05, 3.63) is 64.7 Å². The third-order valence-electron chi connectivity index (χ3n) is 6.33. The number of nitrogens with one attached hydrogen (secondary N) is 1. The van der Waals surface area contributed by atoms with Crippen LogP contribution in [-0.2, 0) is 11.3 Å². The molecule has 35 heavy (non-hydrogen) atoms. The number of para-hydroxylation sites is 1. The van der Waals surface area contributed by atoms with E-state index in [0.717, 1.165) is 48.0 Å². The molecule has 4 aromatic rings. The van der Waals surface area contributed by atoms with Gasteiger partial charge in [-0.25, -0.2) is 4.98 Å². The van der Waals surface area contributed by atoms with E-state index in [1.165, 1.54) is 0 Å². The highest BCUT2D eigenvalue weighted by atomic mass is 16.5. The lowest BCUT2D eigenvalue weighted by molar-refractivity contribution is -0.0704. The molecule has 5 rings (SSSR count). The van der Waals surface area contributed by atoms with Crippen LogP contribution in [0.25, 0.3) is 22.4 Å². The van der Waals surface area contributed by atoms with Crippen LogP contribution < -0.4 is 5.32 Å². The fraction of sp³-hybridized carbons (Fsp3) is 0.370. The van der Waals surface area contributed by atoms with E-state index < -0.39 is 0 Å². The number of carbonyl (C=O) groups excluding carboxylic acids is 1. The van der Waals surface area contributed by atoms with E-state index >= 15 is 0 Å². The molecule has 1 amide bonds. The molecule has 3 aromatic heterocycles. The summed E-state index contributed by atoms with van der Waals surface area (Å²) in [6.45, 7) is 12.2. The van der Waals surface area contributed by atoms with E-state index in [2.05, 4.69) is 40.3 Å². The fourth-order valence-corrected chi connectivity index (χ4v) is 4.92. The van der Waals surface area contributed by atoms with Crippen molar-refractivity contribution in [3.63, 3.8) is 0 Å². The van der Waals surface area contributed by atoms with Gasteiger partial charge in [-0.15, -0.1) is 0 Å². The molecule has 4 heterocycles. The maximum absolute atomic E-state index is 13.6. The highest BCUT2D eigenvalue weighted by Crippen LogP contribution is 2.31. The van der Waals surface area contributed by atoms with Gasteiger partial charge in [-0.2, -0.15) is 0 Å². The summed E-state index contributed by atoms with van der Waals surface area (Å²) in [5.41, 5.74) is 4.67. The molecule has 8 nitrogen and oxygen atoms in total. The normalized spacial score (nSPS) is 18.8. The predicted molar refractivity (Wildman–Crippen MR) is 133 cm³/mol. The summed E-state index contributed by atoms with van der Waals surface area (Å²) in [5, 5.41) is 7.80. The Morgan fingerprint density at radius 2 is 1.86 bits per heavy atom. The van der Waals surface area contributed by atoms with Crippen molar-refractivity contribution >= 4 is 22.7 Å². The van der Waals surface area contributed by atoms with E-state index in [1.54, 1.807) is 6.07 Å². The smallest absolute Gasteiger partial charge is 0.259 e. The number of pyridine rings is 1. The average molecular weight is 475 g/mol. The Hall–Kier alpha value is -3.49. The Morgan fingerprint density at radius 1 is 1.11 bits per heavy atom. The number of aromatic nitrogens is 2. The van der Waals surface area contributed by atoms with Crippen LogP contribution in [0.3, 0.4) is 0 Å². The Kier molecular flexibility index (Phi) is 6.17. The van der Waals surface area contributed by atoms with Crippen molar-refractivity contribution in [2.45, 2.75) is 53.4 Å². The third kappa shape index (κ3) is 4.72. The van der Waals surface area contributed by atoms with Crippen LogP contribution in [0.15, 0.2) is 45.3 Å². The van der Waals surface area contributed by atoms with Crippen LogP contribution in [0.1, 0.15) is 47.0 Å². The minimum Gasteiger partial charge on any atom is -0.466 e. The topological polar surface area (TPSA) is 93.6 Å². The Morgan fingerprint density at radius 3 is 2.57 bits per heavy atom. The van der Waals surface area contributed by atoms with Gasteiger partial charge in [0.25, 0.3) is 11.6 Å². The molecular formula is C27H30N4O4. The lowest BCUT2D eigenvalue weighted by Gasteiger charge is -2.35. The van der Waals surface area contributed by atoms with Crippen LogP contribution in [0.4, 0.5) is 5.69 Å². The average Bonchev–Trinajstić information content (AvgIpc) is 3.34. The lowest BCUT2D eigenvalue weighted by atomic mass is 10.0. The van der Waals surface area contributed by atoms with Crippen molar-refractivity contribution in [2.75, 3.05) is 18.4 Å². The van der Waals surface area contributed by atoms with E-state index in [1.807, 2.05) is 45.0 Å². The summed E-state index contributed by atoms with van der Waals surface area (Å²) >= 11 is 0. The van der Waals surface area contributed by atoms with Crippen molar-refractivity contribution in [3.8, 4) is 11.3 Å². The standard InChI is InChI=1S/C27H30N4O4/c1-15-10-21(19(5)34-15)24-11-22(25-18(4)30-35-27(25)29-24)26(32)28-23-9-7-6-8-20(23)14-31-12-16(2)33-17(3)13-31/h6-11,16-17H,12-14H2,1-5H3,(H,28,32). The van der Waals surface area contributed by atoms with E-state index in [4.69, 9.17) is 13.7 Å². The number of carbonyl (C=O) groups is 1. The second-order valence-electron chi connectivity index (χ2n) is 9.39. The van der Waals surface area contributed by atoms with Crippen molar-refractivity contribution < 1.29 is 18.5 Å². The van der Waals surface area contributed by atoms with Crippen molar-refractivity contribution in [1.29, 1.82) is 0 Å². The number of nitrogens with zero attached hydrogens (tertiary/aromatic N) is 3. The van der Waals surface area contributed by atoms with Crippen LogP contribution >= 0.6 is 0 Å². The van der Waals surface area contributed by atoms with E-state index in [-0.39, 0.29) is 18.1 Å². The van der Waals surface area contributed by atoms with Gasteiger partial charge in [-0.3, -0.25) is 9.69 Å². The molecule has 2 atom stereocenters. The largest absolute Gasteiger partial charge is 0.466 e. The number of furan rings is 1. The molecule has 1 fully saturated rings. The number of benzene rings is 1. The minimum absolute atomic E-state index is 0.176. The molecule has 0 spiro atoms. The number of morpholine rings is 1. The predicted octanol–water partition coefficient (Wildman–Crippen LogP) is 5.27. The second kappa shape index (κ2) is 9.28. The highest BCUT2D eigenvalue weighted by molar-refractivity contribution is 6.13. The molecular weight excluding hydrogens is 444 g/mol. The Bertz CT molecular complexity index is 1380. The monoisotopic (exact) mass is 474 g/mol. The highest BCUT2D eigenvalue weighted by Gasteiger charge is 2.24. The number of hydrogen-bond acceptors (Lipinski definition) is 7. The maximum atomic E-state index is 13.6. The summed E-state index contributed by atoms with van der Waals surface area (Å²) in [7, 11) is 0. The first-order valence-corrected chi connectivity index (χ1v) is 11.9. The summed E-state index contributed by atoms with van der Waals surface area (Å²) in [5.74, 6) is 1.27. The number of anilines is 1. The van der Waals surface area contributed by atoms with Crippen LogP contribution in [-0.4, -0.2) is 46.2 Å². The summed E-state index contributed by atoms with van der Waals surface area (Å²) in [4.78, 5) is 20.6. The van der Waals surface area contributed by atoms with Gasteiger partial charge in [0.2, 0.25) is 0 Å². The Balaban J connectivity index is 1.48. The van der Waals surface area contributed by atoms with Crippen molar-refractivity contribution in [1.82, 2.24) is 15.0 Å². The molecule has 0 aliphatic carbocycles. The number of fused-ring (bicyclic) bond motifs is 1. The zero-order chi connectivity index (χ0) is 24.7. The number of amides is 1. The molecule has 182 valence electrons. The van der Waals surface area contributed by atoms with E-state index in [0.29, 0.717) is 28.1 Å². The molecule has 8 heteroatoms. The van der Waals surface area contributed by atoms with E-state index in [9.17, 15) is 4.79 Å². The summed E-state index contributed by atoms with van der Waals surface area (Å²) < 4.78 is 17.0. The minimum atomic E-state index is -0.237. The molecule has 1 N–H and O–H groups in total. The molecule has 0 bridgehead atoms. The first-order valence-electron chi connectivity index (χ1n) is 11.9. The third-order valence-corrected chi connectivity index (χ3v) is 6.33. The first kappa shape index (κ1) is 23.3. The molecule has 1 aliphatic heterocycles. The Labute approximate surface area is 204 Å². The second-order valence-corrected chi connectivity index (χ2v) is 9.39. The number of rotatable bonds is 5. The number of aryl methyl sites for hydroxylation is 3. The molecule has 1 saturated heterocycles. The molecule has 0 saturated carbocycles. The molecule has 1 aliphatic rings. The van der Waals surface area contributed by atoms with Gasteiger partial charge in [-0.1, -0.05) is 23.4 Å². The molecule has 1 aromatic carbocycles. The SMILES string of the molecule is Cc1cc(-c2cc(C(=O)Nc3ccccc3CN3CC(C)OC(C)C3)c3c(C)noc3n2)c(C)o1. The van der Waals surface area contributed by atoms with Crippen LogP contribution in [0.5, 0.6) is 0 Å². The van der Waals surface area contributed by atoms with Gasteiger partial charge in [0.05, 0.1) is 34.5 Å². The van der Waals surface area contributed by atoms with Crippen LogP contribution in [0, 0.1) is 20.8 Å². The molecule has 2 unspecified atom stereocenters.